The van der Waals surface area contributed by atoms with Crippen LogP contribution in [0.15, 0.2) is 72.9 Å². The average Bonchev–Trinajstić information content (AvgIpc) is 3.50. The SMILES string of the molecule is CC/C=C\C/C=C\C/C=C\C/C=C\CCCCCCCCC(=O)OC(COC(=O)CCCCCCCCC/C=C\C/C=C\CCCCC)COP(=O)(O)OCC(CO)OC(=O)CCCCCCCCCCCCCCCCCCCCC. The maximum atomic E-state index is 13.0. The van der Waals surface area contributed by atoms with Gasteiger partial charge < -0.3 is 24.2 Å². The van der Waals surface area contributed by atoms with Crippen molar-refractivity contribution < 1.29 is 52.2 Å². The van der Waals surface area contributed by atoms with Crippen molar-refractivity contribution in [3.05, 3.63) is 72.9 Å². The number of carbonyl (C=O) groups excluding carboxylic acids is 3. The first-order chi connectivity index (χ1) is 40.2. The van der Waals surface area contributed by atoms with Crippen LogP contribution in [0.25, 0.3) is 0 Å². The van der Waals surface area contributed by atoms with E-state index in [4.69, 9.17) is 23.3 Å². The van der Waals surface area contributed by atoms with Crippen molar-refractivity contribution in [2.24, 2.45) is 0 Å². The lowest BCUT2D eigenvalue weighted by Gasteiger charge is -2.21. The van der Waals surface area contributed by atoms with Crippen LogP contribution in [-0.2, 0) is 42.2 Å². The van der Waals surface area contributed by atoms with E-state index in [0.29, 0.717) is 19.3 Å². The molecule has 0 bridgehead atoms. The lowest BCUT2D eigenvalue weighted by Crippen LogP contribution is -2.30. The highest BCUT2D eigenvalue weighted by Gasteiger charge is 2.28. The molecular weight excluding hydrogens is 1050 g/mol. The number of aliphatic hydroxyl groups is 1. The van der Waals surface area contributed by atoms with E-state index in [9.17, 15) is 28.9 Å². The number of aliphatic hydroxyl groups excluding tert-OH is 1. The number of phosphoric acid groups is 1. The fourth-order valence-corrected chi connectivity index (χ4v) is 10.3. The largest absolute Gasteiger partial charge is 0.472 e. The van der Waals surface area contributed by atoms with E-state index >= 15 is 0 Å². The Morgan fingerprint density at radius 1 is 0.354 bits per heavy atom. The first-order valence-electron chi connectivity index (χ1n) is 33.8. The third-order valence-electron chi connectivity index (χ3n) is 14.6. The number of phosphoric ester groups is 1. The van der Waals surface area contributed by atoms with E-state index in [-0.39, 0.29) is 25.9 Å². The maximum absolute atomic E-state index is 13.0. The molecule has 0 heterocycles. The van der Waals surface area contributed by atoms with Gasteiger partial charge in [-0.25, -0.2) is 4.57 Å². The molecule has 0 aromatic heterocycles. The molecule has 12 heteroatoms. The van der Waals surface area contributed by atoms with Crippen molar-refractivity contribution in [2.75, 3.05) is 26.4 Å². The molecule has 0 amide bonds. The maximum Gasteiger partial charge on any atom is 0.472 e. The van der Waals surface area contributed by atoms with Crippen molar-refractivity contribution in [3.8, 4) is 0 Å². The predicted molar refractivity (Wildman–Crippen MR) is 344 cm³/mol. The normalized spacial score (nSPS) is 13.7. The summed E-state index contributed by atoms with van der Waals surface area (Å²) in [6.45, 7) is 4.55. The molecular formula is C70H125O11P. The Labute approximate surface area is 503 Å². The minimum absolute atomic E-state index is 0.149. The smallest absolute Gasteiger partial charge is 0.462 e. The van der Waals surface area contributed by atoms with Gasteiger partial charge in [0.25, 0.3) is 0 Å². The number of allylic oxidation sites excluding steroid dienone is 12. The quantitative estimate of drug-likeness (QED) is 0.0197. The van der Waals surface area contributed by atoms with E-state index < -0.39 is 57.8 Å². The average molecular weight is 1170 g/mol. The summed E-state index contributed by atoms with van der Waals surface area (Å²) < 4.78 is 39.8. The summed E-state index contributed by atoms with van der Waals surface area (Å²) in [6.07, 6.45) is 74.2. The van der Waals surface area contributed by atoms with Crippen molar-refractivity contribution in [2.45, 2.75) is 328 Å². The molecule has 476 valence electrons. The van der Waals surface area contributed by atoms with Gasteiger partial charge in [-0.3, -0.25) is 23.4 Å². The van der Waals surface area contributed by atoms with E-state index in [1.807, 2.05) is 0 Å². The van der Waals surface area contributed by atoms with Crippen LogP contribution in [-0.4, -0.2) is 66.5 Å². The number of hydrogen-bond donors (Lipinski definition) is 2. The molecule has 82 heavy (non-hydrogen) atoms. The fraction of sp³-hybridized carbons (Fsp3) is 0.786. The van der Waals surface area contributed by atoms with Crippen LogP contribution < -0.4 is 0 Å². The first kappa shape index (κ1) is 78.9. The minimum atomic E-state index is -4.76. The number of ether oxygens (including phenoxy) is 3. The Hall–Kier alpha value is -3.08. The van der Waals surface area contributed by atoms with Crippen molar-refractivity contribution in [1.29, 1.82) is 0 Å². The molecule has 3 unspecified atom stereocenters. The van der Waals surface area contributed by atoms with E-state index in [0.717, 1.165) is 116 Å². The van der Waals surface area contributed by atoms with Gasteiger partial charge in [-0.15, -0.1) is 0 Å². The minimum Gasteiger partial charge on any atom is -0.462 e. The second-order valence-corrected chi connectivity index (χ2v) is 24.1. The first-order valence-corrected chi connectivity index (χ1v) is 35.3. The van der Waals surface area contributed by atoms with Crippen molar-refractivity contribution in [1.82, 2.24) is 0 Å². The molecule has 3 atom stereocenters. The second kappa shape index (κ2) is 63.9. The number of rotatable bonds is 63. The van der Waals surface area contributed by atoms with E-state index in [2.05, 4.69) is 93.7 Å². The molecule has 0 aliphatic carbocycles. The zero-order valence-electron chi connectivity index (χ0n) is 53.0. The molecule has 11 nitrogen and oxygen atoms in total. The van der Waals surface area contributed by atoms with Gasteiger partial charge in [-0.2, -0.15) is 0 Å². The Morgan fingerprint density at radius 2 is 0.634 bits per heavy atom. The van der Waals surface area contributed by atoms with Crippen LogP contribution in [0.3, 0.4) is 0 Å². The Kier molecular flexibility index (Phi) is 61.5. The zero-order chi connectivity index (χ0) is 59.8. The fourth-order valence-electron chi connectivity index (χ4n) is 9.50. The summed E-state index contributed by atoms with van der Waals surface area (Å²) in [7, 11) is -4.76. The van der Waals surface area contributed by atoms with Crippen LogP contribution in [0.5, 0.6) is 0 Å². The molecule has 0 fully saturated rings. The van der Waals surface area contributed by atoms with Crippen molar-refractivity contribution >= 4 is 25.7 Å². The van der Waals surface area contributed by atoms with Gasteiger partial charge in [0.2, 0.25) is 0 Å². The van der Waals surface area contributed by atoms with Crippen LogP contribution >= 0.6 is 7.82 Å². The monoisotopic (exact) mass is 1170 g/mol. The van der Waals surface area contributed by atoms with E-state index in [1.54, 1.807) is 0 Å². The summed E-state index contributed by atoms with van der Waals surface area (Å²) >= 11 is 0. The molecule has 0 aliphatic rings. The lowest BCUT2D eigenvalue weighted by molar-refractivity contribution is -0.161. The van der Waals surface area contributed by atoms with Gasteiger partial charge in [0.1, 0.15) is 12.7 Å². The molecule has 0 aromatic rings. The molecule has 2 N–H and O–H groups in total. The molecule has 0 aliphatic heterocycles. The molecule has 0 rings (SSSR count). The highest BCUT2D eigenvalue weighted by Crippen LogP contribution is 2.43. The molecule has 0 spiro atoms. The van der Waals surface area contributed by atoms with Gasteiger partial charge in [-0.05, 0) is 89.9 Å². The van der Waals surface area contributed by atoms with Crippen LogP contribution in [0.1, 0.15) is 316 Å². The standard InChI is InChI=1S/C70H125O11P/c1-4-7-10-13-16-19-22-25-28-31-33-36-39-42-45-48-51-54-57-60-69(73)80-66(62-71)64-78-82(75,76)79-65-67(63-77-68(72)59-56-53-50-47-44-41-38-35-30-27-24-21-18-15-12-9-6-3)81-70(74)61-58-55-52-49-46-43-40-37-34-32-29-26-23-20-17-14-11-8-5-2/h8,11,17-18,20-21,26-27,29-30,34,37,66-67,71H,4-7,9-10,12-16,19,22-25,28,31-33,35-36,38-65H2,1-3H3,(H,75,76)/b11-8-,20-17-,21-18-,29-26-,30-27-,37-34-. The highest BCUT2D eigenvalue weighted by molar-refractivity contribution is 7.47. The van der Waals surface area contributed by atoms with Crippen LogP contribution in [0.4, 0.5) is 0 Å². The number of unbranched alkanes of at least 4 members (excludes halogenated alkanes) is 34. The summed E-state index contributed by atoms with van der Waals surface area (Å²) in [5.74, 6) is -1.47. The molecule has 0 saturated heterocycles. The lowest BCUT2D eigenvalue weighted by atomic mass is 10.0. The highest BCUT2D eigenvalue weighted by atomic mass is 31.2. The Balaban J connectivity index is 4.68. The van der Waals surface area contributed by atoms with Gasteiger partial charge in [-0.1, -0.05) is 280 Å². The summed E-state index contributed by atoms with van der Waals surface area (Å²) in [5, 5.41) is 9.88. The second-order valence-electron chi connectivity index (χ2n) is 22.6. The third kappa shape index (κ3) is 61.5. The summed E-state index contributed by atoms with van der Waals surface area (Å²) in [5.41, 5.74) is 0. The third-order valence-corrected chi connectivity index (χ3v) is 15.6. The van der Waals surface area contributed by atoms with Gasteiger partial charge in [0, 0.05) is 19.3 Å². The summed E-state index contributed by atoms with van der Waals surface area (Å²) in [6, 6.07) is 0. The number of hydrogen-bond acceptors (Lipinski definition) is 10. The number of carbonyl (C=O) groups is 3. The zero-order valence-corrected chi connectivity index (χ0v) is 53.8. The van der Waals surface area contributed by atoms with Gasteiger partial charge in [0.05, 0.1) is 19.8 Å². The van der Waals surface area contributed by atoms with Crippen molar-refractivity contribution in [3.63, 3.8) is 0 Å². The van der Waals surface area contributed by atoms with Crippen LogP contribution in [0.2, 0.25) is 0 Å². The van der Waals surface area contributed by atoms with E-state index in [1.165, 1.54) is 141 Å². The number of esters is 3. The van der Waals surface area contributed by atoms with Gasteiger partial charge in [0.15, 0.2) is 6.10 Å². The topological polar surface area (TPSA) is 155 Å². The van der Waals surface area contributed by atoms with Crippen LogP contribution in [0, 0.1) is 0 Å². The molecule has 0 radical (unpaired) electrons. The predicted octanol–water partition coefficient (Wildman–Crippen LogP) is 20.8. The molecule has 0 saturated carbocycles. The van der Waals surface area contributed by atoms with Gasteiger partial charge >= 0.3 is 25.7 Å². The Morgan fingerprint density at radius 3 is 1.00 bits per heavy atom. The molecule has 0 aromatic carbocycles. The summed E-state index contributed by atoms with van der Waals surface area (Å²) in [4.78, 5) is 48.9. The Bertz CT molecular complexity index is 1650.